The van der Waals surface area contributed by atoms with Crippen molar-refractivity contribution in [2.45, 2.75) is 18.4 Å². The molecule has 2 atom stereocenters. The fraction of sp³-hybridized carbons (Fsp3) is 0.167. The van der Waals surface area contributed by atoms with Crippen LogP contribution in [0.3, 0.4) is 0 Å². The quantitative estimate of drug-likeness (QED) is 0.273. The number of nitrogens with one attached hydrogen (secondary N) is 2. The molecule has 1 heterocycles. The van der Waals surface area contributed by atoms with Gasteiger partial charge in [0, 0.05) is 0 Å². The van der Waals surface area contributed by atoms with Crippen molar-refractivity contribution in [1.82, 2.24) is 10.0 Å². The Balaban J connectivity index is 1.89. The Bertz CT molecular complexity index is 1240. The lowest BCUT2D eigenvalue weighted by molar-refractivity contribution is -0.123. The van der Waals surface area contributed by atoms with E-state index in [1.54, 1.807) is 0 Å². The predicted molar refractivity (Wildman–Crippen MR) is 110 cm³/mol. The first-order chi connectivity index (χ1) is 15.4. The number of amides is 1. The lowest BCUT2D eigenvalue weighted by Gasteiger charge is -2.30. The number of hydrogen-bond acceptors (Lipinski definition) is 7. The first-order valence-electron chi connectivity index (χ1n) is 9.20. The van der Waals surface area contributed by atoms with Crippen molar-refractivity contribution in [3.8, 4) is 5.75 Å². The average Bonchev–Trinajstić information content (AvgIpc) is 2.71. The van der Waals surface area contributed by atoms with Crippen molar-refractivity contribution >= 4 is 35.2 Å². The number of benzene rings is 2. The van der Waals surface area contributed by atoms with Gasteiger partial charge in [-0.15, -0.1) is 0 Å². The molecule has 7 N–H and O–H groups in total. The zero-order valence-electron chi connectivity index (χ0n) is 16.6. The fourth-order valence-electron chi connectivity index (χ4n) is 3.30. The van der Waals surface area contributed by atoms with Crippen LogP contribution in [0.1, 0.15) is 37.9 Å². The van der Waals surface area contributed by atoms with Crippen LogP contribution < -0.4 is 19.8 Å². The number of nitrogens with two attached hydrogens (primary N) is 1. The summed E-state index contributed by atoms with van der Waals surface area (Å²) in [6.07, 6.45) is -0.0717. The van der Waals surface area contributed by atoms with E-state index < -0.39 is 58.5 Å². The van der Waals surface area contributed by atoms with E-state index in [2.05, 4.69) is 5.32 Å². The van der Waals surface area contributed by atoms with Gasteiger partial charge in [-0.3, -0.25) is 4.79 Å². The third-order valence-corrected chi connectivity index (χ3v) is 5.34. The molecular weight excluding hydrogens is 464 g/mol. The Labute approximate surface area is 186 Å². The number of para-hydroxylation sites is 1. The Morgan fingerprint density at radius 3 is 2.39 bits per heavy atom. The van der Waals surface area contributed by atoms with Gasteiger partial charge in [0.25, 0.3) is 10.2 Å². The van der Waals surface area contributed by atoms with Crippen molar-refractivity contribution in [1.29, 1.82) is 0 Å². The molecule has 2 aromatic rings. The molecule has 3 rings (SSSR count). The number of carboxylic acid groups (broad SMARTS) is 2. The topological polar surface area (TPSA) is 205 Å². The third-order valence-electron chi connectivity index (χ3n) is 4.78. The molecule has 15 heteroatoms. The summed E-state index contributed by atoms with van der Waals surface area (Å²) in [5.41, 5.74) is -0.795. The van der Waals surface area contributed by atoms with Crippen molar-refractivity contribution in [3.05, 3.63) is 64.5 Å². The Kier molecular flexibility index (Phi) is 6.69. The van der Waals surface area contributed by atoms with E-state index in [9.17, 15) is 37.3 Å². The van der Waals surface area contributed by atoms with Gasteiger partial charge in [0.1, 0.15) is 17.6 Å². The minimum absolute atomic E-state index is 0.0717. The van der Waals surface area contributed by atoms with E-state index in [0.29, 0.717) is 11.6 Å². The van der Waals surface area contributed by atoms with Gasteiger partial charge < -0.3 is 25.2 Å². The smallest absolute Gasteiger partial charge is 0.534 e. The minimum atomic E-state index is -4.48. The summed E-state index contributed by atoms with van der Waals surface area (Å²) >= 11 is 0. The lowest BCUT2D eigenvalue weighted by Crippen LogP contribution is -2.55. The first kappa shape index (κ1) is 24.1. The van der Waals surface area contributed by atoms with E-state index >= 15 is 0 Å². The van der Waals surface area contributed by atoms with Crippen LogP contribution in [0.15, 0.2) is 36.4 Å². The summed E-state index contributed by atoms with van der Waals surface area (Å²) in [7, 11) is -6.17. The van der Waals surface area contributed by atoms with E-state index in [1.807, 2.05) is 4.72 Å². The van der Waals surface area contributed by atoms with Crippen LogP contribution in [0, 0.1) is 5.82 Å². The minimum Gasteiger partial charge on any atom is -0.534 e. The Morgan fingerprint density at radius 2 is 1.82 bits per heavy atom. The van der Waals surface area contributed by atoms with Crippen molar-refractivity contribution < 1.29 is 47.1 Å². The van der Waals surface area contributed by atoms with E-state index in [-0.39, 0.29) is 23.3 Å². The van der Waals surface area contributed by atoms with Gasteiger partial charge in [-0.1, -0.05) is 18.2 Å². The molecule has 1 unspecified atom stereocenters. The average molecular weight is 481 g/mol. The lowest BCUT2D eigenvalue weighted by atomic mass is 9.72. The number of aromatic carboxylic acids is 2. The molecule has 0 radical (unpaired) electrons. The van der Waals surface area contributed by atoms with Crippen molar-refractivity contribution in [3.63, 3.8) is 0 Å². The van der Waals surface area contributed by atoms with E-state index in [4.69, 9.17) is 14.9 Å². The summed E-state index contributed by atoms with van der Waals surface area (Å²) in [5, 5.41) is 35.8. The molecule has 174 valence electrons. The molecule has 33 heavy (non-hydrogen) atoms. The van der Waals surface area contributed by atoms with Gasteiger partial charge >= 0.3 is 19.1 Å². The molecule has 0 aromatic heterocycles. The number of carboxylic acids is 2. The summed E-state index contributed by atoms with van der Waals surface area (Å²) in [6, 6.07) is 4.99. The normalized spacial score (nSPS) is 16.3. The van der Waals surface area contributed by atoms with Gasteiger partial charge in [0.15, 0.2) is 0 Å². The highest BCUT2D eigenvalue weighted by Crippen LogP contribution is 2.30. The number of rotatable bonds is 7. The molecule has 0 fully saturated rings. The number of hydrogen-bond donors (Lipinski definition) is 6. The van der Waals surface area contributed by atoms with Crippen molar-refractivity contribution in [2.75, 3.05) is 0 Å². The summed E-state index contributed by atoms with van der Waals surface area (Å²) < 4.78 is 44.3. The Hall–Kier alpha value is -3.53. The number of halogens is 1. The molecule has 0 bridgehead atoms. The SMILES string of the molecule is NS(=O)(=O)NC(C(=O)N[C@H]1Cc2cccc(C(=O)O)c2OB1O)c1ccc(C(=O)O)c(F)c1. The third kappa shape index (κ3) is 5.46. The van der Waals surface area contributed by atoms with Gasteiger partial charge in [-0.25, -0.2) is 19.1 Å². The molecule has 1 aliphatic rings. The first-order valence-corrected chi connectivity index (χ1v) is 10.7. The van der Waals surface area contributed by atoms with Crippen LogP contribution in [0.2, 0.25) is 0 Å². The molecule has 0 aliphatic carbocycles. The van der Waals surface area contributed by atoms with Crippen LogP contribution in [-0.4, -0.2) is 54.6 Å². The maximum absolute atomic E-state index is 14.1. The number of carbonyl (C=O) groups excluding carboxylic acids is 1. The van der Waals surface area contributed by atoms with Crippen LogP contribution in [-0.2, 0) is 21.4 Å². The highest BCUT2D eigenvalue weighted by Gasteiger charge is 2.39. The number of fused-ring (bicyclic) bond motifs is 1. The molecule has 1 aliphatic heterocycles. The zero-order chi connectivity index (χ0) is 24.5. The van der Waals surface area contributed by atoms with E-state index in [0.717, 1.165) is 12.1 Å². The molecule has 0 saturated heterocycles. The molecule has 12 nitrogen and oxygen atoms in total. The zero-order valence-corrected chi connectivity index (χ0v) is 17.4. The van der Waals surface area contributed by atoms with Gasteiger partial charge in [-0.2, -0.15) is 13.1 Å². The molecule has 1 amide bonds. The summed E-state index contributed by atoms with van der Waals surface area (Å²) in [6.45, 7) is 0. The second kappa shape index (κ2) is 9.15. The molecular formula is C18H17BFN3O9S. The molecule has 2 aromatic carbocycles. The van der Waals surface area contributed by atoms with Crippen LogP contribution >= 0.6 is 0 Å². The van der Waals surface area contributed by atoms with Crippen LogP contribution in [0.5, 0.6) is 5.75 Å². The highest BCUT2D eigenvalue weighted by molar-refractivity contribution is 7.87. The highest BCUT2D eigenvalue weighted by atomic mass is 32.2. The maximum Gasteiger partial charge on any atom is 0.547 e. The molecule has 0 saturated carbocycles. The van der Waals surface area contributed by atoms with E-state index in [1.165, 1.54) is 18.2 Å². The second-order valence-corrected chi connectivity index (χ2v) is 8.39. The summed E-state index contributed by atoms with van der Waals surface area (Å²) in [5.74, 6) is -6.34. The predicted octanol–water partition coefficient (Wildman–Crippen LogP) is -0.804. The van der Waals surface area contributed by atoms with Crippen LogP contribution in [0.25, 0.3) is 0 Å². The van der Waals surface area contributed by atoms with Crippen molar-refractivity contribution in [2.24, 2.45) is 5.14 Å². The maximum atomic E-state index is 14.1. The number of carbonyl (C=O) groups is 3. The Morgan fingerprint density at radius 1 is 1.15 bits per heavy atom. The second-order valence-electron chi connectivity index (χ2n) is 7.07. The van der Waals surface area contributed by atoms with Crippen LogP contribution in [0.4, 0.5) is 4.39 Å². The summed E-state index contributed by atoms with van der Waals surface area (Å²) in [4.78, 5) is 35.2. The largest absolute Gasteiger partial charge is 0.547 e. The standard InChI is InChI=1S/C18H17BFN3O9S/c20-12-6-8(4-5-10(12)17(25)26)14(23-33(21,30)31)16(24)22-13-7-9-2-1-3-11(18(27)28)15(9)32-19(13)29/h1-6,13-14,23,29H,7H2,(H,22,24)(H,25,26)(H,27,28)(H2,21,30,31)/t13-,14?/m0/s1. The van der Waals surface area contributed by atoms with Gasteiger partial charge in [0.2, 0.25) is 5.91 Å². The molecule has 0 spiro atoms. The fourth-order valence-corrected chi connectivity index (χ4v) is 3.88. The van der Waals surface area contributed by atoms with Gasteiger partial charge in [-0.05, 0) is 35.7 Å². The van der Waals surface area contributed by atoms with Gasteiger partial charge in [0.05, 0.1) is 17.1 Å². The monoisotopic (exact) mass is 481 g/mol.